The molecule has 3 aromatic rings. The van der Waals surface area contributed by atoms with Crippen LogP contribution in [0.1, 0.15) is 24.4 Å². The summed E-state index contributed by atoms with van der Waals surface area (Å²) in [5.74, 6) is 0.629. The summed E-state index contributed by atoms with van der Waals surface area (Å²) in [4.78, 5) is 19.1. The Morgan fingerprint density at radius 3 is 3.00 bits per heavy atom. The van der Waals surface area contributed by atoms with E-state index >= 15 is 0 Å². The van der Waals surface area contributed by atoms with Gasteiger partial charge in [-0.3, -0.25) is 4.79 Å². The van der Waals surface area contributed by atoms with Gasteiger partial charge in [0.15, 0.2) is 0 Å². The molecule has 0 aliphatic heterocycles. The third-order valence-electron chi connectivity index (χ3n) is 3.31. The van der Waals surface area contributed by atoms with E-state index in [0.717, 1.165) is 16.1 Å². The van der Waals surface area contributed by atoms with Crippen molar-refractivity contribution in [3.63, 3.8) is 0 Å². The lowest BCUT2D eigenvalue weighted by Gasteiger charge is -2.15. The summed E-state index contributed by atoms with van der Waals surface area (Å²) < 4.78 is 0.665. The van der Waals surface area contributed by atoms with Gasteiger partial charge in [-0.25, -0.2) is 4.98 Å². The molecule has 2 heterocycles. The zero-order valence-corrected chi connectivity index (χ0v) is 13.0. The van der Waals surface area contributed by atoms with Crippen molar-refractivity contribution < 1.29 is 0 Å². The van der Waals surface area contributed by atoms with Crippen molar-refractivity contribution in [1.82, 2.24) is 15.3 Å². The molecule has 0 fully saturated rings. The van der Waals surface area contributed by atoms with Crippen LogP contribution in [0.15, 0.2) is 40.5 Å². The van der Waals surface area contributed by atoms with Gasteiger partial charge in [-0.15, -0.1) is 11.3 Å². The molecule has 0 radical (unpaired) electrons. The van der Waals surface area contributed by atoms with Crippen molar-refractivity contribution in [3.8, 4) is 0 Å². The average molecular weight is 320 g/mol. The Labute approximate surface area is 130 Å². The van der Waals surface area contributed by atoms with Gasteiger partial charge in [0.1, 0.15) is 10.5 Å². The SMILES string of the molecule is C[C@@H](NCc1nc2ccsc2c(=O)[nH]1)c1ccccc1Cl. The molecule has 1 atom stereocenters. The highest BCUT2D eigenvalue weighted by Crippen LogP contribution is 2.22. The minimum Gasteiger partial charge on any atom is -0.308 e. The van der Waals surface area contributed by atoms with E-state index < -0.39 is 0 Å². The van der Waals surface area contributed by atoms with Crippen molar-refractivity contribution >= 4 is 33.2 Å². The van der Waals surface area contributed by atoms with Crippen molar-refractivity contribution in [2.45, 2.75) is 19.5 Å². The summed E-state index contributed by atoms with van der Waals surface area (Å²) >= 11 is 7.58. The van der Waals surface area contributed by atoms with Gasteiger partial charge >= 0.3 is 0 Å². The Bertz CT molecular complexity index is 827. The van der Waals surface area contributed by atoms with Crippen molar-refractivity contribution in [2.75, 3.05) is 0 Å². The molecule has 2 N–H and O–H groups in total. The van der Waals surface area contributed by atoms with E-state index in [9.17, 15) is 4.79 Å². The number of fused-ring (bicyclic) bond motifs is 1. The smallest absolute Gasteiger partial charge is 0.268 e. The molecule has 1 aromatic carbocycles. The minimum absolute atomic E-state index is 0.0715. The second-order valence-electron chi connectivity index (χ2n) is 4.77. The van der Waals surface area contributed by atoms with Crippen LogP contribution in [0.5, 0.6) is 0 Å². The second-order valence-corrected chi connectivity index (χ2v) is 6.10. The van der Waals surface area contributed by atoms with Crippen molar-refractivity contribution in [1.29, 1.82) is 0 Å². The van der Waals surface area contributed by atoms with E-state index in [1.807, 2.05) is 42.6 Å². The van der Waals surface area contributed by atoms with Gasteiger partial charge in [-0.05, 0) is 30.0 Å². The lowest BCUT2D eigenvalue weighted by atomic mass is 10.1. The number of aromatic amines is 1. The van der Waals surface area contributed by atoms with Gasteiger partial charge in [-0.2, -0.15) is 0 Å². The number of hydrogen-bond acceptors (Lipinski definition) is 4. The molecule has 0 aliphatic rings. The first-order valence-corrected chi connectivity index (χ1v) is 7.85. The first-order chi connectivity index (χ1) is 10.1. The molecule has 3 rings (SSSR count). The van der Waals surface area contributed by atoms with Crippen LogP contribution in [-0.2, 0) is 6.54 Å². The third-order valence-corrected chi connectivity index (χ3v) is 4.56. The van der Waals surface area contributed by atoms with Gasteiger partial charge in [-0.1, -0.05) is 29.8 Å². The fourth-order valence-corrected chi connectivity index (χ4v) is 3.22. The number of benzene rings is 1. The van der Waals surface area contributed by atoms with Crippen molar-refractivity contribution in [3.05, 3.63) is 62.5 Å². The molecule has 0 bridgehead atoms. The quantitative estimate of drug-likeness (QED) is 0.774. The van der Waals surface area contributed by atoms with Crippen LogP contribution in [0.2, 0.25) is 5.02 Å². The van der Waals surface area contributed by atoms with Gasteiger partial charge in [0, 0.05) is 11.1 Å². The topological polar surface area (TPSA) is 57.8 Å². The largest absolute Gasteiger partial charge is 0.308 e. The summed E-state index contributed by atoms with van der Waals surface area (Å²) in [6, 6.07) is 9.64. The zero-order chi connectivity index (χ0) is 14.8. The standard InChI is InChI=1S/C15H14ClN3OS/c1-9(10-4-2-3-5-11(10)16)17-8-13-18-12-6-7-21-14(12)15(20)19-13/h2-7,9,17H,8H2,1H3,(H,18,19,20)/t9-/m1/s1. The highest BCUT2D eigenvalue weighted by atomic mass is 35.5. The van der Waals surface area contributed by atoms with E-state index in [0.29, 0.717) is 17.1 Å². The summed E-state index contributed by atoms with van der Waals surface area (Å²) in [6.45, 7) is 2.51. The summed E-state index contributed by atoms with van der Waals surface area (Å²) in [7, 11) is 0. The first-order valence-electron chi connectivity index (χ1n) is 6.59. The monoisotopic (exact) mass is 319 g/mol. The maximum Gasteiger partial charge on any atom is 0.268 e. The van der Waals surface area contributed by atoms with Gasteiger partial charge in [0.25, 0.3) is 5.56 Å². The van der Waals surface area contributed by atoms with Gasteiger partial charge < -0.3 is 10.3 Å². The number of nitrogens with one attached hydrogen (secondary N) is 2. The normalized spacial score (nSPS) is 12.7. The van der Waals surface area contributed by atoms with E-state index in [-0.39, 0.29) is 11.6 Å². The Morgan fingerprint density at radius 1 is 1.38 bits per heavy atom. The molecule has 0 amide bonds. The number of nitrogens with zero attached hydrogens (tertiary/aromatic N) is 1. The van der Waals surface area contributed by atoms with Crippen LogP contribution in [0.25, 0.3) is 10.2 Å². The lowest BCUT2D eigenvalue weighted by molar-refractivity contribution is 0.560. The van der Waals surface area contributed by atoms with Gasteiger partial charge in [0.05, 0.1) is 12.1 Å². The van der Waals surface area contributed by atoms with Crippen LogP contribution >= 0.6 is 22.9 Å². The highest BCUT2D eigenvalue weighted by Gasteiger charge is 2.10. The Kier molecular flexibility index (Phi) is 4.05. The zero-order valence-electron chi connectivity index (χ0n) is 11.4. The Balaban J connectivity index is 1.77. The molecule has 6 heteroatoms. The Hall–Kier alpha value is -1.69. The van der Waals surface area contributed by atoms with Crippen molar-refractivity contribution in [2.24, 2.45) is 0 Å². The molecular weight excluding hydrogens is 306 g/mol. The van der Waals surface area contributed by atoms with Crippen LogP contribution in [0.4, 0.5) is 0 Å². The molecule has 4 nitrogen and oxygen atoms in total. The number of aromatic nitrogens is 2. The fourth-order valence-electron chi connectivity index (χ4n) is 2.19. The molecular formula is C15H14ClN3OS. The maximum atomic E-state index is 11.9. The lowest BCUT2D eigenvalue weighted by Crippen LogP contribution is -2.22. The summed E-state index contributed by atoms with van der Waals surface area (Å²) in [5.41, 5.74) is 1.68. The molecule has 0 saturated heterocycles. The minimum atomic E-state index is -0.0859. The molecule has 0 unspecified atom stereocenters. The molecule has 2 aromatic heterocycles. The molecule has 0 aliphatic carbocycles. The van der Waals surface area contributed by atoms with Crippen LogP contribution in [-0.4, -0.2) is 9.97 Å². The van der Waals surface area contributed by atoms with E-state index in [1.165, 1.54) is 11.3 Å². The molecule has 21 heavy (non-hydrogen) atoms. The van der Waals surface area contributed by atoms with Gasteiger partial charge in [0.2, 0.25) is 0 Å². The molecule has 0 saturated carbocycles. The second kappa shape index (κ2) is 5.97. The van der Waals surface area contributed by atoms with E-state index in [2.05, 4.69) is 15.3 Å². The van der Waals surface area contributed by atoms with E-state index in [4.69, 9.17) is 11.6 Å². The number of thiophene rings is 1. The number of rotatable bonds is 4. The summed E-state index contributed by atoms with van der Waals surface area (Å²) in [5, 5.41) is 5.93. The van der Waals surface area contributed by atoms with Crippen LogP contribution < -0.4 is 10.9 Å². The maximum absolute atomic E-state index is 11.9. The predicted molar refractivity (Wildman–Crippen MR) is 86.9 cm³/mol. The number of H-pyrrole nitrogens is 1. The summed E-state index contributed by atoms with van der Waals surface area (Å²) in [6.07, 6.45) is 0. The molecule has 0 spiro atoms. The Morgan fingerprint density at radius 2 is 2.19 bits per heavy atom. The molecule has 108 valence electrons. The fraction of sp³-hybridized carbons (Fsp3) is 0.200. The number of halogens is 1. The van der Waals surface area contributed by atoms with Crippen LogP contribution in [0.3, 0.4) is 0 Å². The third kappa shape index (κ3) is 3.00. The average Bonchev–Trinajstić information content (AvgIpc) is 2.94. The van der Waals surface area contributed by atoms with E-state index in [1.54, 1.807) is 0 Å². The highest BCUT2D eigenvalue weighted by molar-refractivity contribution is 7.17. The van der Waals surface area contributed by atoms with Crippen LogP contribution in [0, 0.1) is 0 Å². The number of hydrogen-bond donors (Lipinski definition) is 2. The first kappa shape index (κ1) is 14.3. The predicted octanol–water partition coefficient (Wildman–Crippen LogP) is 3.49.